The molecule has 0 radical (unpaired) electrons. The average molecular weight is 206 g/mol. The van der Waals surface area contributed by atoms with Crippen LogP contribution in [0.1, 0.15) is 17.2 Å². The number of pyridine rings is 1. The summed E-state index contributed by atoms with van der Waals surface area (Å²) in [6.07, 6.45) is -2.58. The maximum atomic E-state index is 12.4. The number of alkyl halides is 3. The van der Waals surface area contributed by atoms with Gasteiger partial charge in [0, 0.05) is 12.4 Å². The topological polar surface area (TPSA) is 59.1 Å². The normalized spacial score (nSPS) is 14.1. The van der Waals surface area contributed by atoms with Gasteiger partial charge in [-0.1, -0.05) is 0 Å². The van der Waals surface area contributed by atoms with Gasteiger partial charge in [0.15, 0.2) is 0 Å². The Kier molecular flexibility index (Phi) is 3.07. The van der Waals surface area contributed by atoms with Gasteiger partial charge >= 0.3 is 6.18 Å². The van der Waals surface area contributed by atoms with Crippen LogP contribution in [0, 0.1) is 0 Å². The summed E-state index contributed by atoms with van der Waals surface area (Å²) in [6.45, 7) is -0.535. The van der Waals surface area contributed by atoms with Crippen LogP contribution in [0.2, 0.25) is 0 Å². The summed E-state index contributed by atoms with van der Waals surface area (Å²) in [7, 11) is 0. The first-order valence-electron chi connectivity index (χ1n) is 3.84. The Labute approximate surface area is 78.4 Å². The lowest BCUT2D eigenvalue weighted by molar-refractivity contribution is -0.138. The molecule has 1 aromatic rings. The molecule has 0 saturated heterocycles. The summed E-state index contributed by atoms with van der Waals surface area (Å²) in [6, 6.07) is 0.124. The first-order valence-corrected chi connectivity index (χ1v) is 3.84. The molecule has 78 valence electrons. The standard InChI is InChI=1S/C8H9F3N2O/c9-8(10,11)6-3-13-2-1-5(6)7(12)4-14/h1-3,7,14H,4,12H2/t7-/m1/s1. The highest BCUT2D eigenvalue weighted by Gasteiger charge is 2.34. The van der Waals surface area contributed by atoms with E-state index in [9.17, 15) is 13.2 Å². The fourth-order valence-corrected chi connectivity index (χ4v) is 1.06. The Balaban J connectivity index is 3.16. The summed E-state index contributed by atoms with van der Waals surface area (Å²) in [5.41, 5.74) is 4.27. The third-order valence-electron chi connectivity index (χ3n) is 1.76. The summed E-state index contributed by atoms with van der Waals surface area (Å²) in [4.78, 5) is 3.37. The number of aliphatic hydroxyl groups excluding tert-OH is 1. The van der Waals surface area contributed by atoms with Crippen LogP contribution in [0.5, 0.6) is 0 Å². The lowest BCUT2D eigenvalue weighted by Gasteiger charge is -2.15. The predicted molar refractivity (Wildman–Crippen MR) is 43.3 cm³/mol. The fourth-order valence-electron chi connectivity index (χ4n) is 1.06. The largest absolute Gasteiger partial charge is 0.418 e. The van der Waals surface area contributed by atoms with E-state index in [1.165, 1.54) is 6.20 Å². The number of hydrogen-bond donors (Lipinski definition) is 2. The number of nitrogens with two attached hydrogens (primary N) is 1. The van der Waals surface area contributed by atoms with Crippen molar-refractivity contribution in [2.24, 2.45) is 5.73 Å². The zero-order chi connectivity index (χ0) is 10.8. The third-order valence-corrected chi connectivity index (χ3v) is 1.76. The minimum Gasteiger partial charge on any atom is -0.394 e. The minimum absolute atomic E-state index is 0.144. The van der Waals surface area contributed by atoms with Crippen LogP contribution in [0.3, 0.4) is 0 Å². The first kappa shape index (κ1) is 10.9. The second-order valence-corrected chi connectivity index (χ2v) is 2.75. The molecule has 1 rings (SSSR count). The molecule has 0 bridgehead atoms. The van der Waals surface area contributed by atoms with Gasteiger partial charge in [0.25, 0.3) is 0 Å². The molecule has 1 aromatic heterocycles. The lowest BCUT2D eigenvalue weighted by Crippen LogP contribution is -2.20. The lowest BCUT2D eigenvalue weighted by atomic mass is 10.0. The Morgan fingerprint density at radius 1 is 1.50 bits per heavy atom. The third kappa shape index (κ3) is 2.21. The van der Waals surface area contributed by atoms with E-state index < -0.39 is 24.4 Å². The average Bonchev–Trinajstić information content (AvgIpc) is 2.15. The maximum Gasteiger partial charge on any atom is 0.418 e. The zero-order valence-corrected chi connectivity index (χ0v) is 7.12. The molecule has 0 aliphatic rings. The number of aliphatic hydroxyl groups is 1. The van der Waals surface area contributed by atoms with Gasteiger partial charge in [-0.05, 0) is 11.6 Å². The molecular formula is C8H9F3N2O. The molecule has 6 heteroatoms. The van der Waals surface area contributed by atoms with Crippen molar-refractivity contribution in [2.75, 3.05) is 6.61 Å². The second kappa shape index (κ2) is 3.93. The van der Waals surface area contributed by atoms with Crippen molar-refractivity contribution < 1.29 is 18.3 Å². The van der Waals surface area contributed by atoms with Crippen LogP contribution in [0.15, 0.2) is 18.5 Å². The van der Waals surface area contributed by atoms with Crippen LogP contribution in [0.4, 0.5) is 13.2 Å². The van der Waals surface area contributed by atoms with E-state index in [4.69, 9.17) is 10.8 Å². The molecule has 0 aromatic carbocycles. The van der Waals surface area contributed by atoms with E-state index in [1.807, 2.05) is 0 Å². The van der Waals surface area contributed by atoms with Gasteiger partial charge in [0.05, 0.1) is 18.2 Å². The van der Waals surface area contributed by atoms with Crippen LogP contribution in [0.25, 0.3) is 0 Å². The van der Waals surface area contributed by atoms with E-state index in [2.05, 4.69) is 4.98 Å². The predicted octanol–water partition coefficient (Wildman–Crippen LogP) is 1.09. The zero-order valence-electron chi connectivity index (χ0n) is 7.12. The quantitative estimate of drug-likeness (QED) is 0.761. The van der Waals surface area contributed by atoms with Crippen molar-refractivity contribution in [3.05, 3.63) is 29.6 Å². The van der Waals surface area contributed by atoms with Crippen molar-refractivity contribution in [1.82, 2.24) is 4.98 Å². The molecule has 0 fully saturated rings. The molecule has 0 saturated carbocycles. The molecule has 3 N–H and O–H groups in total. The molecule has 14 heavy (non-hydrogen) atoms. The Morgan fingerprint density at radius 3 is 2.64 bits per heavy atom. The Hall–Kier alpha value is -1.14. The van der Waals surface area contributed by atoms with E-state index in [0.717, 1.165) is 6.07 Å². The molecule has 0 spiro atoms. The van der Waals surface area contributed by atoms with Gasteiger partial charge in [-0.3, -0.25) is 4.98 Å². The van der Waals surface area contributed by atoms with E-state index in [-0.39, 0.29) is 5.56 Å². The summed E-state index contributed by atoms with van der Waals surface area (Å²) < 4.78 is 37.1. The van der Waals surface area contributed by atoms with Gasteiger partial charge in [0.2, 0.25) is 0 Å². The van der Waals surface area contributed by atoms with Crippen LogP contribution in [-0.2, 0) is 6.18 Å². The van der Waals surface area contributed by atoms with Crippen molar-refractivity contribution in [3.8, 4) is 0 Å². The highest BCUT2D eigenvalue weighted by molar-refractivity contribution is 5.28. The number of halogens is 3. The van der Waals surface area contributed by atoms with Crippen LogP contribution < -0.4 is 5.73 Å². The Morgan fingerprint density at radius 2 is 2.14 bits per heavy atom. The smallest absolute Gasteiger partial charge is 0.394 e. The van der Waals surface area contributed by atoms with Gasteiger partial charge in [0.1, 0.15) is 0 Å². The monoisotopic (exact) mass is 206 g/mol. The first-order chi connectivity index (χ1) is 6.46. The highest BCUT2D eigenvalue weighted by atomic mass is 19.4. The van der Waals surface area contributed by atoms with Gasteiger partial charge in [-0.25, -0.2) is 0 Å². The van der Waals surface area contributed by atoms with Gasteiger partial charge in [-0.15, -0.1) is 0 Å². The molecule has 0 aliphatic carbocycles. The van der Waals surface area contributed by atoms with Crippen LogP contribution in [-0.4, -0.2) is 16.7 Å². The molecule has 1 atom stereocenters. The van der Waals surface area contributed by atoms with E-state index >= 15 is 0 Å². The SMILES string of the molecule is N[C@H](CO)c1ccncc1C(F)(F)F. The molecule has 0 amide bonds. The van der Waals surface area contributed by atoms with E-state index in [0.29, 0.717) is 6.20 Å². The van der Waals surface area contributed by atoms with Crippen molar-refractivity contribution >= 4 is 0 Å². The number of aromatic nitrogens is 1. The minimum atomic E-state index is -4.49. The molecular weight excluding hydrogens is 197 g/mol. The summed E-state index contributed by atoms with van der Waals surface area (Å²) in [5.74, 6) is 0. The molecule has 0 unspecified atom stereocenters. The van der Waals surface area contributed by atoms with Crippen molar-refractivity contribution in [3.63, 3.8) is 0 Å². The number of hydrogen-bond acceptors (Lipinski definition) is 3. The molecule has 1 heterocycles. The fraction of sp³-hybridized carbons (Fsp3) is 0.375. The second-order valence-electron chi connectivity index (χ2n) is 2.75. The van der Waals surface area contributed by atoms with Crippen LogP contribution >= 0.6 is 0 Å². The Bertz CT molecular complexity index is 314. The number of nitrogens with zero attached hydrogens (tertiary/aromatic N) is 1. The van der Waals surface area contributed by atoms with Crippen molar-refractivity contribution in [2.45, 2.75) is 12.2 Å². The summed E-state index contributed by atoms with van der Waals surface area (Å²) in [5, 5.41) is 8.67. The highest BCUT2D eigenvalue weighted by Crippen LogP contribution is 2.33. The summed E-state index contributed by atoms with van der Waals surface area (Å²) >= 11 is 0. The van der Waals surface area contributed by atoms with Crippen molar-refractivity contribution in [1.29, 1.82) is 0 Å². The van der Waals surface area contributed by atoms with Gasteiger partial charge in [-0.2, -0.15) is 13.2 Å². The molecule has 3 nitrogen and oxygen atoms in total. The number of rotatable bonds is 2. The molecule has 0 aliphatic heterocycles. The van der Waals surface area contributed by atoms with E-state index in [1.54, 1.807) is 0 Å². The van der Waals surface area contributed by atoms with Gasteiger partial charge < -0.3 is 10.8 Å². The maximum absolute atomic E-state index is 12.4.